The first-order valence-corrected chi connectivity index (χ1v) is 7.67. The van der Waals surface area contributed by atoms with Gasteiger partial charge in [-0.25, -0.2) is 4.79 Å². The molecule has 0 aliphatic heterocycles. The van der Waals surface area contributed by atoms with E-state index in [-0.39, 0.29) is 10.9 Å². The molecule has 0 atom stereocenters. The molecule has 0 aliphatic carbocycles. The van der Waals surface area contributed by atoms with Gasteiger partial charge >= 0.3 is 5.97 Å². The molecule has 5 heteroatoms. The van der Waals surface area contributed by atoms with Crippen LogP contribution in [0.1, 0.15) is 12.5 Å². The lowest BCUT2D eigenvalue weighted by Gasteiger charge is -2.05. The van der Waals surface area contributed by atoms with E-state index in [0.717, 1.165) is 22.8 Å². The van der Waals surface area contributed by atoms with Gasteiger partial charge in [0, 0.05) is 12.5 Å². The smallest absolute Gasteiger partial charge is 0.331 e. The molecule has 1 rings (SSSR count). The maximum Gasteiger partial charge on any atom is 0.331 e. The van der Waals surface area contributed by atoms with Gasteiger partial charge in [0.15, 0.2) is 5.75 Å². The van der Waals surface area contributed by atoms with E-state index < -0.39 is 5.97 Å². The Hall–Kier alpha value is -1.49. The van der Waals surface area contributed by atoms with E-state index in [0.29, 0.717) is 0 Å². The second-order valence-corrected chi connectivity index (χ2v) is 6.24. The van der Waals surface area contributed by atoms with E-state index in [1.807, 2.05) is 24.3 Å². The molecule has 0 aromatic heterocycles. The fraction of sp³-hybridized carbons (Fsp3) is 0.385. The highest BCUT2D eigenvalue weighted by atomic mass is 32.2. The highest BCUT2D eigenvalue weighted by Crippen LogP contribution is 2.13. The molecule has 0 radical (unpaired) electrons. The van der Waals surface area contributed by atoms with Crippen LogP contribution < -0.4 is 4.74 Å². The number of hydrogen-bond acceptors (Lipinski definition) is 4. The van der Waals surface area contributed by atoms with Gasteiger partial charge in [0.25, 0.3) is 0 Å². The maximum atomic E-state index is 10.8. The molecule has 1 aromatic rings. The van der Waals surface area contributed by atoms with Crippen molar-refractivity contribution in [3.63, 3.8) is 0 Å². The summed E-state index contributed by atoms with van der Waals surface area (Å²) in [5.41, 5.74) is 1.72. The van der Waals surface area contributed by atoms with Gasteiger partial charge in [0.05, 0.1) is 19.6 Å². The minimum absolute atomic E-state index is 0.179. The minimum atomic E-state index is -0.409. The number of oxime groups is 1. The third-order valence-corrected chi connectivity index (χ3v) is 2.98. The first kappa shape index (κ1) is 14.6. The molecule has 0 saturated heterocycles. The SMILES string of the molecule is COc1ccc(C(C[S+](C)C)=NOC(C)=O)cc1. The number of hydrogen-bond donors (Lipinski definition) is 0. The first-order valence-electron chi connectivity index (χ1n) is 5.46. The molecular weight excluding hydrogens is 250 g/mol. The van der Waals surface area contributed by atoms with E-state index in [9.17, 15) is 4.79 Å². The Kier molecular flexibility index (Phi) is 5.71. The Balaban J connectivity index is 2.93. The Morgan fingerprint density at radius 1 is 1.28 bits per heavy atom. The number of methoxy groups -OCH3 is 1. The van der Waals surface area contributed by atoms with E-state index in [4.69, 9.17) is 9.57 Å². The highest BCUT2D eigenvalue weighted by molar-refractivity contribution is 7.96. The monoisotopic (exact) mass is 268 g/mol. The molecule has 0 heterocycles. The van der Waals surface area contributed by atoms with Crippen LogP contribution in [0.5, 0.6) is 5.75 Å². The second-order valence-electron chi connectivity index (χ2n) is 3.98. The van der Waals surface area contributed by atoms with Crippen LogP contribution in [-0.2, 0) is 20.5 Å². The molecule has 1 aromatic carbocycles. The number of ether oxygens (including phenoxy) is 1. The van der Waals surface area contributed by atoms with Crippen molar-refractivity contribution in [3.8, 4) is 5.75 Å². The largest absolute Gasteiger partial charge is 0.497 e. The normalized spacial score (nSPS) is 11.5. The van der Waals surface area contributed by atoms with E-state index in [2.05, 4.69) is 17.7 Å². The summed E-state index contributed by atoms with van der Waals surface area (Å²) >= 11 is 0. The number of nitrogens with zero attached hydrogens (tertiary/aromatic N) is 1. The van der Waals surface area contributed by atoms with Crippen molar-refractivity contribution in [3.05, 3.63) is 29.8 Å². The van der Waals surface area contributed by atoms with Gasteiger partial charge in [-0.15, -0.1) is 0 Å². The third kappa shape index (κ3) is 4.79. The number of rotatable bonds is 5. The van der Waals surface area contributed by atoms with Crippen molar-refractivity contribution in [1.29, 1.82) is 0 Å². The summed E-state index contributed by atoms with van der Waals surface area (Å²) < 4.78 is 5.10. The van der Waals surface area contributed by atoms with Gasteiger partial charge in [-0.05, 0) is 35.2 Å². The number of carbonyl (C=O) groups excluding carboxylic acids is 1. The fourth-order valence-corrected chi connectivity index (χ4v) is 2.10. The van der Waals surface area contributed by atoms with E-state index in [1.54, 1.807) is 7.11 Å². The van der Waals surface area contributed by atoms with Crippen LogP contribution in [-0.4, -0.2) is 37.1 Å². The van der Waals surface area contributed by atoms with Crippen LogP contribution in [0.2, 0.25) is 0 Å². The van der Waals surface area contributed by atoms with Crippen molar-refractivity contribution < 1.29 is 14.4 Å². The zero-order valence-corrected chi connectivity index (χ0v) is 11.9. The molecule has 0 aliphatic rings. The van der Waals surface area contributed by atoms with Crippen molar-refractivity contribution >= 4 is 22.6 Å². The van der Waals surface area contributed by atoms with Crippen LogP contribution in [0, 0.1) is 0 Å². The molecule has 0 fully saturated rings. The predicted octanol–water partition coefficient (Wildman–Crippen LogP) is 1.84. The van der Waals surface area contributed by atoms with Crippen LogP contribution in [0.15, 0.2) is 29.4 Å². The molecule has 0 amide bonds. The molecule has 98 valence electrons. The molecule has 4 nitrogen and oxygen atoms in total. The standard InChI is InChI=1S/C13H18NO3S/c1-10(15)17-14-13(9-18(3)4)11-5-7-12(16-2)8-6-11/h5-8H,9H2,1-4H3/q+1. The van der Waals surface area contributed by atoms with Crippen molar-refractivity contribution in [2.45, 2.75) is 6.92 Å². The lowest BCUT2D eigenvalue weighted by Crippen LogP contribution is -2.16. The lowest BCUT2D eigenvalue weighted by molar-refractivity contribution is -0.140. The zero-order valence-electron chi connectivity index (χ0n) is 11.1. The maximum absolute atomic E-state index is 10.8. The summed E-state index contributed by atoms with van der Waals surface area (Å²) in [7, 11) is 1.80. The molecule has 0 bridgehead atoms. The third-order valence-electron chi connectivity index (χ3n) is 2.13. The number of carbonyl (C=O) groups is 1. The van der Waals surface area contributed by atoms with E-state index >= 15 is 0 Å². The summed E-state index contributed by atoms with van der Waals surface area (Å²) in [4.78, 5) is 15.6. The van der Waals surface area contributed by atoms with Gasteiger partial charge in [-0.1, -0.05) is 5.16 Å². The molecule has 0 saturated carbocycles. The summed E-state index contributed by atoms with van der Waals surface area (Å²) in [6.45, 7) is 1.34. The van der Waals surface area contributed by atoms with Gasteiger partial charge in [-0.3, -0.25) is 0 Å². The Bertz CT molecular complexity index is 426. The average Bonchev–Trinajstić information content (AvgIpc) is 2.34. The summed E-state index contributed by atoms with van der Waals surface area (Å²) in [6, 6.07) is 7.55. The van der Waals surface area contributed by atoms with Crippen LogP contribution >= 0.6 is 0 Å². The highest BCUT2D eigenvalue weighted by Gasteiger charge is 2.13. The molecule has 0 N–H and O–H groups in total. The van der Waals surface area contributed by atoms with Crippen molar-refractivity contribution in [2.24, 2.45) is 5.16 Å². The summed E-state index contributed by atoms with van der Waals surface area (Å²) in [6.07, 6.45) is 4.24. The molecule has 0 spiro atoms. The second kappa shape index (κ2) is 7.06. The topological polar surface area (TPSA) is 47.9 Å². The van der Waals surface area contributed by atoms with Gasteiger partial charge < -0.3 is 9.57 Å². The number of benzene rings is 1. The average molecular weight is 268 g/mol. The van der Waals surface area contributed by atoms with Crippen LogP contribution in [0.3, 0.4) is 0 Å². The van der Waals surface area contributed by atoms with Gasteiger partial charge in [0.2, 0.25) is 0 Å². The van der Waals surface area contributed by atoms with Crippen LogP contribution in [0.25, 0.3) is 0 Å². The molecular formula is C13H18NO3S+. The van der Waals surface area contributed by atoms with E-state index in [1.165, 1.54) is 6.92 Å². The Labute approximate surface area is 110 Å². The predicted molar refractivity (Wildman–Crippen MR) is 75.4 cm³/mol. The molecule has 18 heavy (non-hydrogen) atoms. The van der Waals surface area contributed by atoms with Crippen molar-refractivity contribution in [2.75, 3.05) is 25.4 Å². The van der Waals surface area contributed by atoms with Gasteiger partial charge in [-0.2, -0.15) is 0 Å². The van der Waals surface area contributed by atoms with Crippen LogP contribution in [0.4, 0.5) is 0 Å². The fourth-order valence-electron chi connectivity index (χ4n) is 1.34. The quantitative estimate of drug-likeness (QED) is 0.354. The summed E-state index contributed by atoms with van der Waals surface area (Å²) in [5.74, 6) is 1.16. The Morgan fingerprint density at radius 2 is 1.89 bits per heavy atom. The first-order chi connectivity index (χ1) is 8.52. The van der Waals surface area contributed by atoms with Gasteiger partial charge in [0.1, 0.15) is 11.5 Å². The zero-order chi connectivity index (χ0) is 13.5. The van der Waals surface area contributed by atoms with Crippen molar-refractivity contribution in [1.82, 2.24) is 0 Å². The minimum Gasteiger partial charge on any atom is -0.497 e. The molecule has 0 unspecified atom stereocenters. The Morgan fingerprint density at radius 3 is 2.33 bits per heavy atom. The summed E-state index contributed by atoms with van der Waals surface area (Å²) in [5, 5.41) is 3.92. The lowest BCUT2D eigenvalue weighted by atomic mass is 10.1.